The SMILES string of the molecule is Nc1c(S(=O)C2CCC2)sc2nc(-c3cccnc3)cc(-c3nccs3)c12.Nc1ccc(-c2cc(-c3nccs3)c3c(N)c(S(=O)C4CCC4)sc3n2)cn1. The minimum atomic E-state index is -1.09. The molecule has 8 heterocycles. The number of fused-ring (bicyclic) bond motifs is 2. The molecule has 6 N–H and O–H groups in total. The highest BCUT2D eigenvalue weighted by atomic mass is 32.2. The van der Waals surface area contributed by atoms with Crippen molar-refractivity contribution in [2.45, 2.75) is 57.4 Å². The summed E-state index contributed by atoms with van der Waals surface area (Å²) in [6, 6.07) is 11.5. The third-order valence-electron chi connectivity index (χ3n) is 9.77. The van der Waals surface area contributed by atoms with Crippen molar-refractivity contribution >= 4 is 105 Å². The molecule has 0 aliphatic heterocycles. The summed E-state index contributed by atoms with van der Waals surface area (Å²) in [4.78, 5) is 28.5. The van der Waals surface area contributed by atoms with Crippen LogP contribution in [0, 0.1) is 0 Å². The maximum Gasteiger partial charge on any atom is 0.128 e. The van der Waals surface area contributed by atoms with Gasteiger partial charge in [-0.25, -0.2) is 24.9 Å². The van der Waals surface area contributed by atoms with Crippen LogP contribution in [-0.2, 0) is 21.6 Å². The lowest BCUT2D eigenvalue weighted by Crippen LogP contribution is -2.23. The monoisotopic (exact) mass is 839 g/mol. The van der Waals surface area contributed by atoms with E-state index in [1.54, 1.807) is 59.7 Å². The van der Waals surface area contributed by atoms with Crippen molar-refractivity contribution < 1.29 is 8.42 Å². The van der Waals surface area contributed by atoms with Crippen LogP contribution in [0.2, 0.25) is 0 Å². The highest BCUT2D eigenvalue weighted by molar-refractivity contribution is 7.88. The number of pyridine rings is 4. The molecular weight excluding hydrogens is 807 g/mol. The van der Waals surface area contributed by atoms with E-state index in [0.717, 1.165) is 111 Å². The molecule has 0 amide bonds. The van der Waals surface area contributed by atoms with E-state index < -0.39 is 21.6 Å². The Bertz CT molecular complexity index is 2690. The molecule has 55 heavy (non-hydrogen) atoms. The Hall–Kier alpha value is -4.52. The number of rotatable bonds is 8. The minimum absolute atomic E-state index is 0.208. The normalized spacial score (nSPS) is 15.6. The van der Waals surface area contributed by atoms with Gasteiger partial charge in [0.05, 0.1) is 44.4 Å². The van der Waals surface area contributed by atoms with E-state index in [4.69, 9.17) is 27.2 Å². The van der Waals surface area contributed by atoms with E-state index >= 15 is 0 Å². The first-order valence-electron chi connectivity index (χ1n) is 17.5. The zero-order valence-corrected chi connectivity index (χ0v) is 34.0. The molecule has 11 nitrogen and oxygen atoms in total. The molecule has 10 rings (SSSR count). The number of anilines is 3. The summed E-state index contributed by atoms with van der Waals surface area (Å²) in [5, 5.41) is 7.77. The lowest BCUT2D eigenvalue weighted by Gasteiger charge is -2.23. The molecular formula is C38H33N9O2S6. The molecule has 8 aromatic heterocycles. The second-order valence-electron chi connectivity index (χ2n) is 13.2. The number of thiophene rings is 2. The Kier molecular flexibility index (Phi) is 9.98. The predicted molar refractivity (Wildman–Crippen MR) is 229 cm³/mol. The minimum Gasteiger partial charge on any atom is -0.396 e. The van der Waals surface area contributed by atoms with Crippen LogP contribution in [0.1, 0.15) is 38.5 Å². The molecule has 8 aromatic rings. The quantitative estimate of drug-likeness (QED) is 0.132. The molecule has 0 saturated heterocycles. The van der Waals surface area contributed by atoms with Crippen molar-refractivity contribution in [2.24, 2.45) is 0 Å². The standard InChI is InChI=1S/C19H17N5OS3.C19H16N4OS3/c20-14-5-4-10(9-23-14)13-8-12(17-22-6-7-26-17)15-16(21)19(27-18(15)24-13)28(25)11-2-1-3-11;20-16-15-13(17-22-7-8-25-17)9-14(11-3-2-6-21-10-11)23-18(15)26-19(16)27(24)12-4-1-5-12/h4-9,11H,1-3,21H2,(H2,20,23);2-3,6-10,12H,1,4-5,20H2. The first kappa shape index (κ1) is 36.1. The number of nitrogens with zero attached hydrogens (tertiary/aromatic N) is 6. The van der Waals surface area contributed by atoms with Crippen LogP contribution in [0.15, 0.2) is 86.6 Å². The van der Waals surface area contributed by atoms with E-state index in [0.29, 0.717) is 17.2 Å². The second kappa shape index (κ2) is 15.2. The number of aromatic nitrogens is 6. The number of nitrogens with two attached hydrogens (primary N) is 3. The highest BCUT2D eigenvalue weighted by Gasteiger charge is 2.31. The van der Waals surface area contributed by atoms with Gasteiger partial charge in [-0.15, -0.1) is 45.3 Å². The zero-order valence-electron chi connectivity index (χ0n) is 29.1. The van der Waals surface area contributed by atoms with Gasteiger partial charge >= 0.3 is 0 Å². The Morgan fingerprint density at radius 2 is 1.16 bits per heavy atom. The topological polar surface area (TPSA) is 190 Å². The summed E-state index contributed by atoms with van der Waals surface area (Å²) in [5.41, 5.74) is 25.1. The largest absolute Gasteiger partial charge is 0.396 e. The van der Waals surface area contributed by atoms with Crippen LogP contribution in [0.3, 0.4) is 0 Å². The second-order valence-corrected chi connectivity index (χ2v) is 20.8. The van der Waals surface area contributed by atoms with E-state index in [1.165, 1.54) is 22.7 Å². The van der Waals surface area contributed by atoms with Crippen LogP contribution in [-0.4, -0.2) is 48.8 Å². The highest BCUT2D eigenvalue weighted by Crippen LogP contribution is 2.46. The number of hydrogen-bond acceptors (Lipinski definition) is 15. The molecule has 2 aliphatic rings. The summed E-state index contributed by atoms with van der Waals surface area (Å²) in [6.45, 7) is 0. The first-order chi connectivity index (χ1) is 26.8. The van der Waals surface area contributed by atoms with Gasteiger partial charge in [0, 0.05) is 85.3 Å². The molecule has 2 fully saturated rings. The molecule has 0 spiro atoms. The van der Waals surface area contributed by atoms with E-state index in [1.807, 2.05) is 41.1 Å². The lowest BCUT2D eigenvalue weighted by atomic mass is 10.0. The average Bonchev–Trinajstić information content (AvgIpc) is 3.99. The van der Waals surface area contributed by atoms with Crippen molar-refractivity contribution in [1.29, 1.82) is 0 Å². The van der Waals surface area contributed by atoms with Gasteiger partial charge < -0.3 is 17.2 Å². The summed E-state index contributed by atoms with van der Waals surface area (Å²) < 4.78 is 27.4. The molecule has 17 heteroatoms. The molecule has 2 aliphatic carbocycles. The van der Waals surface area contributed by atoms with E-state index in [-0.39, 0.29) is 10.5 Å². The Labute approximate surface area is 337 Å². The van der Waals surface area contributed by atoms with Crippen molar-refractivity contribution in [2.75, 3.05) is 17.2 Å². The van der Waals surface area contributed by atoms with Gasteiger partial charge in [-0.1, -0.05) is 12.8 Å². The lowest BCUT2D eigenvalue weighted by molar-refractivity contribution is 0.505. The Morgan fingerprint density at radius 3 is 1.56 bits per heavy atom. The van der Waals surface area contributed by atoms with Gasteiger partial charge in [0.15, 0.2) is 0 Å². The van der Waals surface area contributed by atoms with Crippen molar-refractivity contribution in [3.63, 3.8) is 0 Å². The van der Waals surface area contributed by atoms with Gasteiger partial charge in [-0.3, -0.25) is 13.4 Å². The fourth-order valence-electron chi connectivity index (χ4n) is 6.39. The number of thiazole rings is 2. The molecule has 0 radical (unpaired) electrons. The molecule has 0 aromatic carbocycles. The van der Waals surface area contributed by atoms with Crippen LogP contribution in [0.4, 0.5) is 17.2 Å². The summed E-state index contributed by atoms with van der Waals surface area (Å²) >= 11 is 5.98. The number of nitrogen functional groups attached to an aromatic ring is 3. The average molecular weight is 840 g/mol. The predicted octanol–water partition coefficient (Wildman–Crippen LogP) is 9.03. The van der Waals surface area contributed by atoms with E-state index in [2.05, 4.69) is 19.9 Å². The van der Waals surface area contributed by atoms with Crippen LogP contribution >= 0.6 is 45.3 Å². The zero-order chi connectivity index (χ0) is 37.6. The smallest absolute Gasteiger partial charge is 0.128 e. The third kappa shape index (κ3) is 6.86. The summed E-state index contributed by atoms with van der Waals surface area (Å²) in [7, 11) is -2.15. The maximum atomic E-state index is 13.0. The van der Waals surface area contributed by atoms with Crippen LogP contribution in [0.25, 0.3) is 64.1 Å². The maximum absolute atomic E-state index is 13.0. The Balaban J connectivity index is 0.000000144. The van der Waals surface area contributed by atoms with Crippen LogP contribution < -0.4 is 17.2 Å². The molecule has 2 unspecified atom stereocenters. The fraction of sp³-hybridized carbons (Fsp3) is 0.211. The van der Waals surface area contributed by atoms with Crippen LogP contribution in [0.5, 0.6) is 0 Å². The van der Waals surface area contributed by atoms with Gasteiger partial charge in [0.25, 0.3) is 0 Å². The first-order valence-corrected chi connectivity index (χ1v) is 23.3. The molecule has 0 bridgehead atoms. The van der Waals surface area contributed by atoms with Gasteiger partial charge in [-0.2, -0.15) is 0 Å². The van der Waals surface area contributed by atoms with Gasteiger partial charge in [0.1, 0.15) is 33.9 Å². The van der Waals surface area contributed by atoms with Crippen molar-refractivity contribution in [3.05, 3.63) is 78.1 Å². The summed E-state index contributed by atoms with van der Waals surface area (Å²) in [6.07, 6.45) is 15.1. The third-order valence-corrected chi connectivity index (χ3v) is 18.0. The van der Waals surface area contributed by atoms with Crippen molar-refractivity contribution in [1.82, 2.24) is 29.9 Å². The fourth-order valence-corrected chi connectivity index (χ4v) is 14.1. The summed E-state index contributed by atoms with van der Waals surface area (Å²) in [5.74, 6) is 0.462. The molecule has 278 valence electrons. The number of hydrogen-bond donors (Lipinski definition) is 3. The van der Waals surface area contributed by atoms with E-state index in [9.17, 15) is 8.42 Å². The van der Waals surface area contributed by atoms with Gasteiger partial charge in [0.2, 0.25) is 0 Å². The molecule has 2 saturated carbocycles. The van der Waals surface area contributed by atoms with Crippen molar-refractivity contribution in [3.8, 4) is 43.7 Å². The Morgan fingerprint density at radius 1 is 0.636 bits per heavy atom. The molecule has 2 atom stereocenters. The van der Waals surface area contributed by atoms with Gasteiger partial charge in [-0.05, 0) is 62.1 Å².